The maximum Gasteiger partial charge on any atom is 0.135 e. The molecule has 1 aromatic heterocycles. The zero-order valence-electron chi connectivity index (χ0n) is 9.48. The van der Waals surface area contributed by atoms with E-state index >= 15 is 0 Å². The Balaban J connectivity index is 2.41. The normalized spacial score (nSPS) is 11.6. The maximum atomic E-state index is 5.56. The predicted molar refractivity (Wildman–Crippen MR) is 78.9 cm³/mol. The topological polar surface area (TPSA) is 13.1 Å². The second-order valence-corrected chi connectivity index (χ2v) is 5.26. The van der Waals surface area contributed by atoms with Crippen LogP contribution in [0.1, 0.15) is 0 Å². The first-order chi connectivity index (χ1) is 8.84. The molecular formula is C16H9BrO. The highest BCUT2D eigenvalue weighted by molar-refractivity contribution is 9.10. The Bertz CT molecular complexity index is 889. The number of rotatable bonds is 0. The number of fused-ring (bicyclic) bond motifs is 5. The molecule has 2 heteroatoms. The van der Waals surface area contributed by atoms with E-state index in [1.807, 2.05) is 6.07 Å². The van der Waals surface area contributed by atoms with Gasteiger partial charge < -0.3 is 4.42 Å². The Morgan fingerprint density at radius 2 is 1.56 bits per heavy atom. The minimum atomic E-state index is 0.922. The summed E-state index contributed by atoms with van der Waals surface area (Å²) in [6, 6.07) is 16.9. The van der Waals surface area contributed by atoms with E-state index in [9.17, 15) is 0 Å². The molecule has 0 amide bonds. The fourth-order valence-corrected chi connectivity index (χ4v) is 3.07. The number of furan rings is 1. The van der Waals surface area contributed by atoms with Crippen molar-refractivity contribution in [1.29, 1.82) is 0 Å². The summed E-state index contributed by atoms with van der Waals surface area (Å²) >= 11 is 3.58. The summed E-state index contributed by atoms with van der Waals surface area (Å²) in [5, 5.41) is 6.17. The fraction of sp³-hybridized carbons (Fsp3) is 0. The highest BCUT2D eigenvalue weighted by Gasteiger charge is 2.10. The van der Waals surface area contributed by atoms with Crippen molar-refractivity contribution >= 4 is 48.4 Å². The molecule has 0 radical (unpaired) electrons. The van der Waals surface area contributed by atoms with Gasteiger partial charge >= 0.3 is 0 Å². The largest absolute Gasteiger partial charge is 0.463 e. The van der Waals surface area contributed by atoms with Gasteiger partial charge in [0.1, 0.15) is 11.8 Å². The zero-order chi connectivity index (χ0) is 12.1. The molecule has 4 aromatic rings. The van der Waals surface area contributed by atoms with Gasteiger partial charge in [-0.05, 0) is 38.2 Å². The van der Waals surface area contributed by atoms with Crippen LogP contribution in [0.25, 0.3) is 32.5 Å². The van der Waals surface area contributed by atoms with Crippen molar-refractivity contribution in [1.82, 2.24) is 0 Å². The summed E-state index contributed by atoms with van der Waals surface area (Å²) in [6.07, 6.45) is 1.76. The van der Waals surface area contributed by atoms with Gasteiger partial charge in [-0.2, -0.15) is 0 Å². The molecule has 86 valence electrons. The van der Waals surface area contributed by atoms with Gasteiger partial charge in [0.25, 0.3) is 0 Å². The van der Waals surface area contributed by atoms with Crippen LogP contribution in [0.2, 0.25) is 0 Å². The number of hydrogen-bond acceptors (Lipinski definition) is 1. The van der Waals surface area contributed by atoms with E-state index in [2.05, 4.69) is 58.4 Å². The summed E-state index contributed by atoms with van der Waals surface area (Å²) in [5.41, 5.74) is 0.922. The molecule has 0 aliphatic rings. The van der Waals surface area contributed by atoms with Gasteiger partial charge in [0, 0.05) is 10.8 Å². The van der Waals surface area contributed by atoms with Gasteiger partial charge in [0.05, 0.1) is 4.47 Å². The summed E-state index contributed by atoms with van der Waals surface area (Å²) in [5.74, 6) is 0. The van der Waals surface area contributed by atoms with Gasteiger partial charge in [0.15, 0.2) is 0 Å². The van der Waals surface area contributed by atoms with Gasteiger partial charge in [-0.3, -0.25) is 0 Å². The molecule has 0 saturated heterocycles. The smallest absolute Gasteiger partial charge is 0.135 e. The van der Waals surface area contributed by atoms with Crippen LogP contribution in [0.5, 0.6) is 0 Å². The molecule has 0 unspecified atom stereocenters. The molecule has 3 aromatic carbocycles. The number of halogens is 1. The zero-order valence-corrected chi connectivity index (χ0v) is 11.1. The number of hydrogen-bond donors (Lipinski definition) is 0. The molecular weight excluding hydrogens is 288 g/mol. The minimum absolute atomic E-state index is 0.922. The third-order valence-electron chi connectivity index (χ3n) is 3.40. The van der Waals surface area contributed by atoms with E-state index in [-0.39, 0.29) is 0 Å². The quantitative estimate of drug-likeness (QED) is 0.390. The van der Waals surface area contributed by atoms with Crippen LogP contribution in [0, 0.1) is 0 Å². The second-order valence-electron chi connectivity index (χ2n) is 4.41. The highest BCUT2D eigenvalue weighted by atomic mass is 79.9. The van der Waals surface area contributed by atoms with Crippen molar-refractivity contribution < 1.29 is 4.42 Å². The van der Waals surface area contributed by atoms with Gasteiger partial charge in [-0.15, -0.1) is 0 Å². The lowest BCUT2D eigenvalue weighted by Crippen LogP contribution is -1.78. The monoisotopic (exact) mass is 296 g/mol. The first-order valence-corrected chi connectivity index (χ1v) is 6.61. The molecule has 0 atom stereocenters. The highest BCUT2D eigenvalue weighted by Crippen LogP contribution is 2.36. The van der Waals surface area contributed by atoms with Crippen LogP contribution in [0.15, 0.2) is 63.7 Å². The lowest BCUT2D eigenvalue weighted by Gasteiger charge is -2.05. The van der Waals surface area contributed by atoms with Crippen LogP contribution in [-0.4, -0.2) is 0 Å². The maximum absolute atomic E-state index is 5.56. The van der Waals surface area contributed by atoms with Gasteiger partial charge in [0.2, 0.25) is 0 Å². The van der Waals surface area contributed by atoms with Crippen LogP contribution < -0.4 is 0 Å². The van der Waals surface area contributed by atoms with Crippen LogP contribution in [0.3, 0.4) is 0 Å². The van der Waals surface area contributed by atoms with Gasteiger partial charge in [-0.1, -0.05) is 42.5 Å². The lowest BCUT2D eigenvalue weighted by molar-refractivity contribution is 0.614. The lowest BCUT2D eigenvalue weighted by atomic mass is 9.99. The van der Waals surface area contributed by atoms with Crippen molar-refractivity contribution in [2.45, 2.75) is 0 Å². The minimum Gasteiger partial charge on any atom is -0.463 e. The molecule has 0 bridgehead atoms. The number of benzene rings is 3. The van der Waals surface area contributed by atoms with E-state index in [1.165, 1.54) is 21.5 Å². The molecule has 0 fully saturated rings. The molecule has 0 aliphatic carbocycles. The van der Waals surface area contributed by atoms with E-state index in [0.29, 0.717) is 0 Å². The third kappa shape index (κ3) is 1.27. The molecule has 1 heterocycles. The average Bonchev–Trinajstić information content (AvgIpc) is 2.80. The molecule has 1 nitrogen and oxygen atoms in total. The van der Waals surface area contributed by atoms with Crippen molar-refractivity contribution in [3.8, 4) is 0 Å². The molecule has 18 heavy (non-hydrogen) atoms. The first-order valence-electron chi connectivity index (χ1n) is 5.82. The molecule has 0 N–H and O–H groups in total. The molecule has 0 spiro atoms. The Labute approximate surface area is 112 Å². The second kappa shape index (κ2) is 3.59. The molecule has 4 rings (SSSR count). The van der Waals surface area contributed by atoms with Crippen molar-refractivity contribution in [3.63, 3.8) is 0 Å². The van der Waals surface area contributed by atoms with E-state index < -0.39 is 0 Å². The first kappa shape index (κ1) is 10.2. The van der Waals surface area contributed by atoms with Crippen LogP contribution in [-0.2, 0) is 0 Å². The summed E-state index contributed by atoms with van der Waals surface area (Å²) in [4.78, 5) is 0. The predicted octanol–water partition coefficient (Wildman–Crippen LogP) is 5.50. The Morgan fingerprint density at radius 3 is 2.50 bits per heavy atom. The van der Waals surface area contributed by atoms with E-state index in [1.54, 1.807) is 6.26 Å². The Kier molecular flexibility index (Phi) is 2.03. The van der Waals surface area contributed by atoms with Crippen molar-refractivity contribution in [2.24, 2.45) is 0 Å². The SMILES string of the molecule is Brc1coc2ccc3ccc4ccccc4c3c12. The fourth-order valence-electron chi connectivity index (χ4n) is 2.59. The van der Waals surface area contributed by atoms with Crippen LogP contribution >= 0.6 is 15.9 Å². The van der Waals surface area contributed by atoms with Crippen molar-refractivity contribution in [2.75, 3.05) is 0 Å². The average molecular weight is 297 g/mol. The molecule has 0 saturated carbocycles. The summed E-state index contributed by atoms with van der Waals surface area (Å²) in [6.45, 7) is 0. The standard InChI is InChI=1S/C16H9BrO/c17-13-9-18-14-8-7-11-6-5-10-3-1-2-4-12(10)15(11)16(13)14/h1-9H. The van der Waals surface area contributed by atoms with Crippen LogP contribution in [0.4, 0.5) is 0 Å². The molecule has 0 aliphatic heterocycles. The summed E-state index contributed by atoms with van der Waals surface area (Å²) in [7, 11) is 0. The Hall–Kier alpha value is -1.80. The van der Waals surface area contributed by atoms with Crippen molar-refractivity contribution in [3.05, 3.63) is 59.3 Å². The summed E-state index contributed by atoms with van der Waals surface area (Å²) < 4.78 is 6.57. The van der Waals surface area contributed by atoms with E-state index in [4.69, 9.17) is 4.42 Å². The van der Waals surface area contributed by atoms with Gasteiger partial charge in [-0.25, -0.2) is 0 Å². The Morgan fingerprint density at radius 1 is 0.778 bits per heavy atom. The third-order valence-corrected chi connectivity index (χ3v) is 3.98. The van der Waals surface area contributed by atoms with E-state index in [0.717, 1.165) is 15.4 Å².